The van der Waals surface area contributed by atoms with Crippen LogP contribution in [0.5, 0.6) is 0 Å². The molecule has 0 N–H and O–H groups in total. The molecule has 1 saturated heterocycles. The molecule has 0 unspecified atom stereocenters. The van der Waals surface area contributed by atoms with Gasteiger partial charge in [-0.15, -0.1) is 0 Å². The summed E-state index contributed by atoms with van der Waals surface area (Å²) in [5.41, 5.74) is 4.23. The molecule has 0 spiro atoms. The Morgan fingerprint density at radius 2 is 1.62 bits per heavy atom. The van der Waals surface area contributed by atoms with E-state index < -0.39 is 0 Å². The van der Waals surface area contributed by atoms with Crippen LogP contribution in [-0.4, -0.2) is 25.0 Å². The van der Waals surface area contributed by atoms with Crippen LogP contribution in [0.15, 0.2) is 64.4 Å². The lowest BCUT2D eigenvalue weighted by Crippen LogP contribution is -2.13. The molecule has 21 heavy (non-hydrogen) atoms. The van der Waals surface area contributed by atoms with Gasteiger partial charge in [0.05, 0.1) is 0 Å². The molecule has 0 amide bonds. The number of hydrogen-bond donors (Lipinski definition) is 0. The second-order valence-corrected chi connectivity index (χ2v) is 7.07. The molecule has 0 aliphatic carbocycles. The van der Waals surface area contributed by atoms with Crippen LogP contribution in [0.3, 0.4) is 0 Å². The maximum Gasteiger partial charge on any atom is 0.0201 e. The lowest BCUT2D eigenvalue weighted by Gasteiger charge is -2.23. The Kier molecular flexibility index (Phi) is 3.36. The van der Waals surface area contributed by atoms with Gasteiger partial charge in [0.15, 0.2) is 0 Å². The molecule has 1 fully saturated rings. The van der Waals surface area contributed by atoms with Crippen LogP contribution in [0.2, 0.25) is 0 Å². The van der Waals surface area contributed by atoms with Gasteiger partial charge < -0.3 is 4.90 Å². The van der Waals surface area contributed by atoms with E-state index in [9.17, 15) is 0 Å². The Morgan fingerprint density at radius 1 is 1.00 bits per heavy atom. The Balaban J connectivity index is 1.83. The third-order valence-electron chi connectivity index (χ3n) is 4.40. The topological polar surface area (TPSA) is 3.24 Å². The Morgan fingerprint density at radius 3 is 2.19 bits per heavy atom. The van der Waals surface area contributed by atoms with Crippen LogP contribution in [0.4, 0.5) is 0 Å². The number of hydrogen-bond acceptors (Lipinski definition) is 2. The molecule has 0 bridgehead atoms. The maximum atomic E-state index is 2.51. The molecule has 0 aromatic heterocycles. The molecule has 0 radical (unpaired) electrons. The van der Waals surface area contributed by atoms with E-state index in [-0.39, 0.29) is 0 Å². The van der Waals surface area contributed by atoms with Crippen LogP contribution in [-0.2, 0) is 0 Å². The number of rotatable bonds is 1. The molecule has 4 rings (SSSR count). The minimum atomic E-state index is 0.675. The summed E-state index contributed by atoms with van der Waals surface area (Å²) in [5, 5.41) is 0. The zero-order chi connectivity index (χ0) is 14.2. The number of nitrogens with zero attached hydrogens (tertiary/aromatic N) is 1. The van der Waals surface area contributed by atoms with E-state index in [2.05, 4.69) is 66.6 Å². The molecular weight excluding hydrogens is 274 g/mol. The van der Waals surface area contributed by atoms with Gasteiger partial charge in [0.25, 0.3) is 0 Å². The van der Waals surface area contributed by atoms with E-state index in [1.807, 2.05) is 11.8 Å². The molecule has 2 aliphatic rings. The van der Waals surface area contributed by atoms with Crippen LogP contribution in [0.1, 0.15) is 17.5 Å². The van der Waals surface area contributed by atoms with Crippen molar-refractivity contribution in [2.24, 2.45) is 5.92 Å². The molecule has 2 aromatic rings. The normalized spacial score (nSPS) is 21.0. The third-order valence-corrected chi connectivity index (χ3v) is 5.56. The third kappa shape index (κ3) is 2.43. The first-order valence-electron chi connectivity index (χ1n) is 7.58. The minimum Gasteiger partial charge on any atom is -0.306 e. The van der Waals surface area contributed by atoms with Gasteiger partial charge in [-0.2, -0.15) is 0 Å². The van der Waals surface area contributed by atoms with Crippen molar-refractivity contribution in [3.63, 3.8) is 0 Å². The summed E-state index contributed by atoms with van der Waals surface area (Å²) in [6, 6.07) is 17.6. The van der Waals surface area contributed by atoms with Gasteiger partial charge in [-0.25, -0.2) is 0 Å². The average molecular weight is 293 g/mol. The molecule has 1 nitrogen and oxygen atoms in total. The molecule has 2 aromatic carbocycles. The van der Waals surface area contributed by atoms with Crippen LogP contribution in [0.25, 0.3) is 5.57 Å². The number of fused-ring (bicyclic) bond motifs is 2. The van der Waals surface area contributed by atoms with Gasteiger partial charge in [0.1, 0.15) is 0 Å². The fraction of sp³-hybridized carbons (Fsp3) is 0.263. The van der Waals surface area contributed by atoms with Crippen molar-refractivity contribution in [2.75, 3.05) is 20.1 Å². The van der Waals surface area contributed by atoms with Crippen molar-refractivity contribution in [1.82, 2.24) is 4.90 Å². The van der Waals surface area contributed by atoms with Crippen molar-refractivity contribution in [3.05, 3.63) is 65.7 Å². The standard InChI is InChI=1S/C19H19NS/c1-20-11-10-14(13-20)12-17-15-6-2-4-8-18(15)21-19-9-5-3-7-16(17)19/h2-9,12,14H,10-11,13H2,1H3/t14-/m0/s1. The highest BCUT2D eigenvalue weighted by Gasteiger charge is 2.23. The summed E-state index contributed by atoms with van der Waals surface area (Å²) in [6.45, 7) is 2.40. The van der Waals surface area contributed by atoms with Gasteiger partial charge in [0.2, 0.25) is 0 Å². The summed E-state index contributed by atoms with van der Waals surface area (Å²) < 4.78 is 0. The van der Waals surface area contributed by atoms with Crippen molar-refractivity contribution in [1.29, 1.82) is 0 Å². The van der Waals surface area contributed by atoms with Crippen molar-refractivity contribution < 1.29 is 0 Å². The average Bonchev–Trinajstić information content (AvgIpc) is 2.92. The number of benzene rings is 2. The highest BCUT2D eigenvalue weighted by molar-refractivity contribution is 7.99. The largest absolute Gasteiger partial charge is 0.306 e. The quantitative estimate of drug-likeness (QED) is 0.648. The van der Waals surface area contributed by atoms with E-state index in [1.165, 1.54) is 46.0 Å². The second kappa shape index (κ2) is 5.36. The highest BCUT2D eigenvalue weighted by atomic mass is 32.2. The predicted molar refractivity (Wildman–Crippen MR) is 89.7 cm³/mol. The van der Waals surface area contributed by atoms with Gasteiger partial charge in [-0.3, -0.25) is 0 Å². The van der Waals surface area contributed by atoms with E-state index in [0.717, 1.165) is 0 Å². The molecule has 0 saturated carbocycles. The van der Waals surface area contributed by atoms with Gasteiger partial charge in [-0.05, 0) is 54.8 Å². The van der Waals surface area contributed by atoms with Gasteiger partial charge in [0, 0.05) is 16.3 Å². The second-order valence-electron chi connectivity index (χ2n) is 5.99. The molecule has 2 aliphatic heterocycles. The summed E-state index contributed by atoms with van der Waals surface area (Å²) in [5.74, 6) is 0.675. The molecule has 1 atom stereocenters. The van der Waals surface area contributed by atoms with Gasteiger partial charge >= 0.3 is 0 Å². The first kappa shape index (κ1) is 13.2. The Bertz CT molecular complexity index is 657. The monoisotopic (exact) mass is 293 g/mol. The zero-order valence-corrected chi connectivity index (χ0v) is 13.1. The highest BCUT2D eigenvalue weighted by Crippen LogP contribution is 2.45. The van der Waals surface area contributed by atoms with E-state index >= 15 is 0 Å². The summed E-state index contributed by atoms with van der Waals surface area (Å²) in [4.78, 5) is 5.19. The predicted octanol–water partition coefficient (Wildman–Crippen LogP) is 4.53. The maximum absolute atomic E-state index is 2.51. The van der Waals surface area contributed by atoms with Crippen molar-refractivity contribution in [3.8, 4) is 0 Å². The molecule has 106 valence electrons. The summed E-state index contributed by atoms with van der Waals surface area (Å²) in [6.07, 6.45) is 3.79. The lowest BCUT2D eigenvalue weighted by atomic mass is 9.93. The first-order chi connectivity index (χ1) is 10.3. The van der Waals surface area contributed by atoms with E-state index in [1.54, 1.807) is 0 Å². The zero-order valence-electron chi connectivity index (χ0n) is 12.3. The van der Waals surface area contributed by atoms with Crippen LogP contribution < -0.4 is 0 Å². The molecule has 2 heterocycles. The lowest BCUT2D eigenvalue weighted by molar-refractivity contribution is 0.408. The fourth-order valence-corrected chi connectivity index (χ4v) is 4.45. The first-order valence-corrected chi connectivity index (χ1v) is 8.40. The smallest absolute Gasteiger partial charge is 0.0201 e. The molecule has 2 heteroatoms. The van der Waals surface area contributed by atoms with E-state index in [4.69, 9.17) is 0 Å². The van der Waals surface area contributed by atoms with Crippen LogP contribution >= 0.6 is 11.8 Å². The summed E-state index contributed by atoms with van der Waals surface area (Å²) in [7, 11) is 2.22. The van der Waals surface area contributed by atoms with Crippen molar-refractivity contribution >= 4 is 17.3 Å². The number of likely N-dealkylation sites (tertiary alicyclic amines) is 1. The SMILES string of the molecule is CN1CC[C@@H](C=C2c3ccccc3Sc3ccccc32)C1. The molecular formula is C19H19NS. The van der Waals surface area contributed by atoms with Gasteiger partial charge in [-0.1, -0.05) is 54.2 Å². The van der Waals surface area contributed by atoms with Crippen LogP contribution in [0, 0.1) is 5.92 Å². The fourth-order valence-electron chi connectivity index (χ4n) is 3.34. The minimum absolute atomic E-state index is 0.675. The summed E-state index contributed by atoms with van der Waals surface area (Å²) >= 11 is 1.89. The van der Waals surface area contributed by atoms with E-state index in [0.29, 0.717) is 5.92 Å². The van der Waals surface area contributed by atoms with Crippen molar-refractivity contribution in [2.45, 2.75) is 16.2 Å². The Labute approximate surface area is 130 Å². The Hall–Kier alpha value is -1.51.